The molecule has 0 aliphatic heterocycles. The molecule has 28 heavy (non-hydrogen) atoms. The zero-order valence-electron chi connectivity index (χ0n) is 15.8. The van der Waals surface area contributed by atoms with Crippen LogP contribution in [-0.2, 0) is 14.8 Å². The van der Waals surface area contributed by atoms with Gasteiger partial charge in [-0.3, -0.25) is 4.79 Å². The Morgan fingerprint density at radius 2 is 1.50 bits per heavy atom. The summed E-state index contributed by atoms with van der Waals surface area (Å²) in [5, 5.41) is 2.83. The van der Waals surface area contributed by atoms with Gasteiger partial charge in [-0.2, -0.15) is 4.31 Å². The van der Waals surface area contributed by atoms with Gasteiger partial charge < -0.3 is 5.32 Å². The average Bonchev–Trinajstić information content (AvgIpc) is 2.69. The van der Waals surface area contributed by atoms with Crippen molar-refractivity contribution < 1.29 is 13.2 Å². The van der Waals surface area contributed by atoms with Crippen molar-refractivity contribution in [3.05, 3.63) is 84.4 Å². The first-order chi connectivity index (χ1) is 13.4. The van der Waals surface area contributed by atoms with Crippen molar-refractivity contribution in [2.75, 3.05) is 18.9 Å². The molecule has 0 spiro atoms. The van der Waals surface area contributed by atoms with Gasteiger partial charge >= 0.3 is 0 Å². The second-order valence-electron chi connectivity index (χ2n) is 6.53. The minimum absolute atomic E-state index is 0.165. The Hall–Kier alpha value is -2.96. The first-order valence-electron chi connectivity index (χ1n) is 8.85. The number of carbonyl (C=O) groups excluding carboxylic acids is 1. The van der Waals surface area contributed by atoms with Gasteiger partial charge in [-0.15, -0.1) is 0 Å². The summed E-state index contributed by atoms with van der Waals surface area (Å²) in [4.78, 5) is 12.7. The molecule has 1 amide bonds. The number of carbonyl (C=O) groups is 1. The SMILES string of the molecule is Cc1ccc(S(=O)(=O)N(C)CC(=O)Nc2ccccc2-c2ccccc2)cc1. The van der Waals surface area contributed by atoms with Gasteiger partial charge in [0.1, 0.15) is 0 Å². The second kappa shape index (κ2) is 8.37. The third-order valence-corrected chi connectivity index (χ3v) is 6.20. The Morgan fingerprint density at radius 3 is 2.18 bits per heavy atom. The molecule has 3 aromatic rings. The van der Waals surface area contributed by atoms with E-state index in [1.807, 2.05) is 55.5 Å². The predicted molar refractivity (Wildman–Crippen MR) is 112 cm³/mol. The average molecular weight is 394 g/mol. The molecule has 0 radical (unpaired) electrons. The highest BCUT2D eigenvalue weighted by Crippen LogP contribution is 2.27. The van der Waals surface area contributed by atoms with E-state index >= 15 is 0 Å². The molecule has 144 valence electrons. The Balaban J connectivity index is 1.75. The first kappa shape index (κ1) is 19.8. The fourth-order valence-corrected chi connectivity index (χ4v) is 3.96. The van der Waals surface area contributed by atoms with E-state index in [2.05, 4.69) is 5.32 Å². The van der Waals surface area contributed by atoms with Crippen molar-refractivity contribution in [3.63, 3.8) is 0 Å². The van der Waals surface area contributed by atoms with Gasteiger partial charge in [0, 0.05) is 18.3 Å². The Labute approximate surface area is 165 Å². The van der Waals surface area contributed by atoms with Crippen LogP contribution in [0.1, 0.15) is 5.56 Å². The summed E-state index contributed by atoms with van der Waals surface area (Å²) in [6.45, 7) is 1.61. The standard InChI is InChI=1S/C22H22N2O3S/c1-17-12-14-19(15-13-17)28(26,27)24(2)16-22(25)23-21-11-7-6-10-20(21)18-8-4-3-5-9-18/h3-15H,16H2,1-2H3,(H,23,25). The summed E-state index contributed by atoms with van der Waals surface area (Å²) in [7, 11) is -2.33. The molecular formula is C22H22N2O3S. The lowest BCUT2D eigenvalue weighted by molar-refractivity contribution is -0.116. The van der Waals surface area contributed by atoms with Crippen molar-refractivity contribution in [1.29, 1.82) is 0 Å². The highest BCUT2D eigenvalue weighted by atomic mass is 32.2. The zero-order chi connectivity index (χ0) is 20.1. The van der Waals surface area contributed by atoms with Crippen LogP contribution in [0.15, 0.2) is 83.8 Å². The molecule has 0 bridgehead atoms. The molecule has 3 aromatic carbocycles. The molecule has 0 saturated heterocycles. The third kappa shape index (κ3) is 4.47. The number of nitrogens with zero attached hydrogens (tertiary/aromatic N) is 1. The van der Waals surface area contributed by atoms with Gasteiger partial charge in [0.2, 0.25) is 15.9 Å². The molecule has 3 rings (SSSR count). The molecule has 6 heteroatoms. The Morgan fingerprint density at radius 1 is 0.893 bits per heavy atom. The Bertz CT molecular complexity index is 1060. The lowest BCUT2D eigenvalue weighted by atomic mass is 10.0. The number of hydrogen-bond acceptors (Lipinski definition) is 3. The fraction of sp³-hybridized carbons (Fsp3) is 0.136. The van der Waals surface area contributed by atoms with E-state index in [-0.39, 0.29) is 11.4 Å². The van der Waals surface area contributed by atoms with Crippen molar-refractivity contribution >= 4 is 21.6 Å². The summed E-state index contributed by atoms with van der Waals surface area (Å²) >= 11 is 0. The molecule has 0 heterocycles. The number of aryl methyl sites for hydroxylation is 1. The van der Waals surface area contributed by atoms with Crippen LogP contribution in [0.25, 0.3) is 11.1 Å². The maximum absolute atomic E-state index is 12.7. The van der Waals surface area contributed by atoms with Crippen LogP contribution in [0, 0.1) is 6.92 Å². The number of nitrogens with one attached hydrogen (secondary N) is 1. The van der Waals surface area contributed by atoms with Crippen molar-refractivity contribution in [2.24, 2.45) is 0 Å². The molecule has 0 aromatic heterocycles. The molecule has 1 N–H and O–H groups in total. The van der Waals surface area contributed by atoms with E-state index in [1.54, 1.807) is 30.3 Å². The summed E-state index contributed by atoms with van der Waals surface area (Å²) in [6.07, 6.45) is 0. The summed E-state index contributed by atoms with van der Waals surface area (Å²) in [5.74, 6) is -0.401. The van der Waals surface area contributed by atoms with Crippen LogP contribution >= 0.6 is 0 Å². The smallest absolute Gasteiger partial charge is 0.243 e. The van der Waals surface area contributed by atoms with E-state index < -0.39 is 15.9 Å². The first-order valence-corrected chi connectivity index (χ1v) is 10.3. The molecule has 0 saturated carbocycles. The van der Waals surface area contributed by atoms with Crippen molar-refractivity contribution in [1.82, 2.24) is 4.31 Å². The number of rotatable bonds is 6. The van der Waals surface area contributed by atoms with Gasteiger partial charge in [-0.1, -0.05) is 66.2 Å². The van der Waals surface area contributed by atoms with Gasteiger partial charge in [0.15, 0.2) is 0 Å². The van der Waals surface area contributed by atoms with E-state index in [9.17, 15) is 13.2 Å². The van der Waals surface area contributed by atoms with E-state index in [0.29, 0.717) is 5.69 Å². The molecule has 5 nitrogen and oxygen atoms in total. The molecule has 0 atom stereocenters. The van der Waals surface area contributed by atoms with E-state index in [4.69, 9.17) is 0 Å². The lowest BCUT2D eigenvalue weighted by Gasteiger charge is -2.18. The Kier molecular flexibility index (Phi) is 5.92. The number of para-hydroxylation sites is 1. The number of anilines is 1. The van der Waals surface area contributed by atoms with E-state index in [0.717, 1.165) is 21.0 Å². The zero-order valence-corrected chi connectivity index (χ0v) is 16.6. The van der Waals surface area contributed by atoms with Crippen LogP contribution in [0.5, 0.6) is 0 Å². The molecule has 0 fully saturated rings. The normalized spacial score (nSPS) is 11.4. The molecule has 0 unspecified atom stereocenters. The summed E-state index contributed by atoms with van der Waals surface area (Å²) < 4.78 is 26.4. The highest BCUT2D eigenvalue weighted by Gasteiger charge is 2.23. The van der Waals surface area contributed by atoms with Crippen LogP contribution in [0.2, 0.25) is 0 Å². The number of likely N-dealkylation sites (N-methyl/N-ethyl adjacent to an activating group) is 1. The van der Waals surface area contributed by atoms with Crippen LogP contribution in [0.3, 0.4) is 0 Å². The number of benzene rings is 3. The number of hydrogen-bond donors (Lipinski definition) is 1. The van der Waals surface area contributed by atoms with Crippen LogP contribution in [-0.4, -0.2) is 32.2 Å². The minimum atomic E-state index is -3.73. The third-order valence-electron chi connectivity index (χ3n) is 4.38. The summed E-state index contributed by atoms with van der Waals surface area (Å²) in [5.41, 5.74) is 3.45. The highest BCUT2D eigenvalue weighted by molar-refractivity contribution is 7.89. The summed E-state index contributed by atoms with van der Waals surface area (Å²) in [6, 6.07) is 23.7. The van der Waals surface area contributed by atoms with Gasteiger partial charge in [0.05, 0.1) is 11.4 Å². The van der Waals surface area contributed by atoms with Crippen LogP contribution < -0.4 is 5.32 Å². The minimum Gasteiger partial charge on any atom is -0.324 e. The number of amides is 1. The molecular weight excluding hydrogens is 372 g/mol. The quantitative estimate of drug-likeness (QED) is 0.689. The van der Waals surface area contributed by atoms with E-state index in [1.165, 1.54) is 7.05 Å². The molecule has 0 aliphatic rings. The van der Waals surface area contributed by atoms with Gasteiger partial charge in [-0.05, 0) is 30.7 Å². The molecule has 0 aliphatic carbocycles. The maximum Gasteiger partial charge on any atom is 0.243 e. The van der Waals surface area contributed by atoms with Crippen molar-refractivity contribution in [3.8, 4) is 11.1 Å². The predicted octanol–water partition coefficient (Wildman–Crippen LogP) is 3.92. The van der Waals surface area contributed by atoms with Crippen LogP contribution in [0.4, 0.5) is 5.69 Å². The number of sulfonamides is 1. The maximum atomic E-state index is 12.7. The largest absolute Gasteiger partial charge is 0.324 e. The monoisotopic (exact) mass is 394 g/mol. The second-order valence-corrected chi connectivity index (χ2v) is 8.58. The van der Waals surface area contributed by atoms with Crippen molar-refractivity contribution in [2.45, 2.75) is 11.8 Å². The topological polar surface area (TPSA) is 66.5 Å². The van der Waals surface area contributed by atoms with Gasteiger partial charge in [-0.25, -0.2) is 8.42 Å². The van der Waals surface area contributed by atoms with Gasteiger partial charge in [0.25, 0.3) is 0 Å². The fourth-order valence-electron chi connectivity index (χ4n) is 2.83. The lowest BCUT2D eigenvalue weighted by Crippen LogP contribution is -2.35.